The summed E-state index contributed by atoms with van der Waals surface area (Å²) in [6.07, 6.45) is 0.994. The van der Waals surface area contributed by atoms with Crippen LogP contribution < -0.4 is 4.90 Å². The lowest BCUT2D eigenvalue weighted by Crippen LogP contribution is -2.37. The molecule has 0 atom stereocenters. The topological polar surface area (TPSA) is 3.24 Å². The third-order valence-corrected chi connectivity index (χ3v) is 15.5. The molecule has 0 spiro atoms. The summed E-state index contributed by atoms with van der Waals surface area (Å²) in [5, 5.41) is 0. The largest absolute Gasteiger partial charge is 0.310 e. The van der Waals surface area contributed by atoms with Gasteiger partial charge in [-0.15, -0.1) is 0 Å². The molecule has 0 amide bonds. The molecule has 0 fully saturated rings. The standard InChI is InChI=1S/C31H21Br2N.C26H20.C6H3Br2I/c32-24-19-25(33)21-26(20-24)34-29-17-9-7-15-27(29)31(22-11-3-1-4-12-22,23-13-5-2-6-14-23)28-16-8-10-18-30(28)34;1-3-13-22(14-4-1)26(23-15-5-2-6-16-23)24-17-9-7-11-20(24)19-21-12-8-10-18-25(21)26;7-4-1-5(8)3-6(9)2-4/h1-21H;1-18H,19H2;1-3H. The minimum absolute atomic E-state index is 0.270. The molecule has 0 N–H and O–H groups in total. The third kappa shape index (κ3) is 9.16. The first-order valence-electron chi connectivity index (χ1n) is 22.7. The van der Waals surface area contributed by atoms with Crippen LogP contribution in [0.5, 0.6) is 0 Å². The Hall–Kier alpha value is -5.35. The minimum Gasteiger partial charge on any atom is -0.310 e. The Bertz CT molecular complexity index is 3130. The number of hydrogen-bond acceptors (Lipinski definition) is 1. The summed E-state index contributed by atoms with van der Waals surface area (Å²) in [6.45, 7) is 0. The van der Waals surface area contributed by atoms with E-state index in [4.69, 9.17) is 0 Å². The number of halogens is 5. The Labute approximate surface area is 453 Å². The molecule has 1 aliphatic carbocycles. The number of fused-ring (bicyclic) bond motifs is 4. The predicted octanol–water partition coefficient (Wildman–Crippen LogP) is 19.2. The van der Waals surface area contributed by atoms with Gasteiger partial charge < -0.3 is 4.90 Å². The van der Waals surface area contributed by atoms with E-state index in [1.165, 1.54) is 70.6 Å². The van der Waals surface area contributed by atoms with E-state index >= 15 is 0 Å². The van der Waals surface area contributed by atoms with Crippen molar-refractivity contribution in [1.82, 2.24) is 0 Å². The molecule has 0 saturated carbocycles. The van der Waals surface area contributed by atoms with Gasteiger partial charge >= 0.3 is 0 Å². The number of hydrogen-bond donors (Lipinski definition) is 0. The van der Waals surface area contributed by atoms with Gasteiger partial charge in [-0.2, -0.15) is 0 Å². The van der Waals surface area contributed by atoms with Crippen molar-refractivity contribution in [2.75, 3.05) is 4.90 Å². The van der Waals surface area contributed by atoms with Crippen molar-refractivity contribution >= 4 is 103 Å². The van der Waals surface area contributed by atoms with Crippen LogP contribution in [0.2, 0.25) is 0 Å². The molecule has 0 saturated heterocycles. The Morgan fingerprint density at radius 3 is 0.971 bits per heavy atom. The molecule has 12 rings (SSSR count). The summed E-state index contributed by atoms with van der Waals surface area (Å²) < 4.78 is 5.53. The molecule has 0 unspecified atom stereocenters. The fourth-order valence-corrected chi connectivity index (χ4v) is 14.6. The highest BCUT2D eigenvalue weighted by molar-refractivity contribution is 14.1. The lowest BCUT2D eigenvalue weighted by atomic mass is 9.60. The first-order valence-corrected chi connectivity index (χ1v) is 27.0. The van der Waals surface area contributed by atoms with Crippen molar-refractivity contribution in [3.8, 4) is 0 Å². The normalized spacial score (nSPS) is 13.4. The molecular weight excluding hydrogens is 1220 g/mol. The second kappa shape index (κ2) is 20.9. The quantitative estimate of drug-likeness (QED) is 0.155. The van der Waals surface area contributed by atoms with Crippen molar-refractivity contribution in [2.24, 2.45) is 0 Å². The summed E-state index contributed by atoms with van der Waals surface area (Å²) in [6, 6.07) is 91.7. The van der Waals surface area contributed by atoms with E-state index in [-0.39, 0.29) is 5.41 Å². The van der Waals surface area contributed by atoms with Crippen LogP contribution in [0.25, 0.3) is 0 Å². The number of nitrogens with zero attached hydrogens (tertiary/aromatic N) is 1. The maximum Gasteiger partial charge on any atom is 0.0742 e. The number of para-hydroxylation sites is 2. The van der Waals surface area contributed by atoms with Crippen LogP contribution in [-0.2, 0) is 17.3 Å². The minimum atomic E-state index is -0.435. The third-order valence-electron chi connectivity index (χ3n) is 13.1. The van der Waals surface area contributed by atoms with E-state index in [0.29, 0.717) is 0 Å². The van der Waals surface area contributed by atoms with Crippen molar-refractivity contribution in [1.29, 1.82) is 0 Å². The van der Waals surface area contributed by atoms with Gasteiger partial charge in [0.25, 0.3) is 0 Å². The average Bonchev–Trinajstić information content (AvgIpc) is 3.38. The van der Waals surface area contributed by atoms with E-state index < -0.39 is 5.41 Å². The van der Waals surface area contributed by atoms with Gasteiger partial charge in [-0.25, -0.2) is 0 Å². The molecule has 336 valence electrons. The molecule has 6 heteroatoms. The highest BCUT2D eigenvalue weighted by Gasteiger charge is 2.46. The van der Waals surface area contributed by atoms with Gasteiger partial charge in [-0.3, -0.25) is 0 Å². The Kier molecular flexibility index (Phi) is 14.4. The second-order valence-corrected chi connectivity index (χ2v) is 21.9. The van der Waals surface area contributed by atoms with Crippen LogP contribution in [0.4, 0.5) is 17.1 Å². The first kappa shape index (κ1) is 47.3. The summed E-state index contributed by atoms with van der Waals surface area (Å²) in [7, 11) is 0. The summed E-state index contributed by atoms with van der Waals surface area (Å²) in [5.74, 6) is 0. The first-order chi connectivity index (χ1) is 33.8. The molecule has 1 nitrogen and oxygen atoms in total. The maximum atomic E-state index is 3.70. The highest BCUT2D eigenvalue weighted by atomic mass is 127. The SMILES string of the molecule is Brc1cc(Br)cc(I)c1.Brc1cc(Br)cc(N2c3ccccc3C(c3ccccc3)(c3ccccc3)c3ccccc32)c1.c1ccc(C2(c3ccccc3)c3ccccc3Cc3ccccc32)cc1. The zero-order valence-electron chi connectivity index (χ0n) is 37.3. The average molecular weight is 1260 g/mol. The molecule has 69 heavy (non-hydrogen) atoms. The maximum absolute atomic E-state index is 3.70. The molecule has 0 aromatic heterocycles. The molecular formula is C63H44Br4IN. The van der Waals surface area contributed by atoms with Crippen molar-refractivity contribution in [3.63, 3.8) is 0 Å². The number of anilines is 3. The van der Waals surface area contributed by atoms with E-state index in [0.717, 1.165) is 30.0 Å². The molecule has 10 aromatic carbocycles. The Balaban J connectivity index is 0.000000139. The molecule has 0 bridgehead atoms. The van der Waals surface area contributed by atoms with E-state index in [9.17, 15) is 0 Å². The van der Waals surface area contributed by atoms with E-state index in [2.05, 4.69) is 340 Å². The fourth-order valence-electron chi connectivity index (χ4n) is 10.5. The van der Waals surface area contributed by atoms with Crippen molar-refractivity contribution < 1.29 is 0 Å². The van der Waals surface area contributed by atoms with Crippen LogP contribution in [0.3, 0.4) is 0 Å². The van der Waals surface area contributed by atoms with E-state index in [1.54, 1.807) is 0 Å². The van der Waals surface area contributed by atoms with Crippen molar-refractivity contribution in [3.05, 3.63) is 332 Å². The highest BCUT2D eigenvalue weighted by Crippen LogP contribution is 2.58. The van der Waals surface area contributed by atoms with Crippen LogP contribution in [0.1, 0.15) is 55.6 Å². The fraction of sp³-hybridized carbons (Fsp3) is 0.0476. The second-order valence-electron chi connectivity index (χ2n) is 17.0. The number of rotatable bonds is 5. The number of benzene rings is 10. The summed E-state index contributed by atoms with van der Waals surface area (Å²) in [4.78, 5) is 2.38. The van der Waals surface area contributed by atoms with E-state index in [1.807, 2.05) is 6.07 Å². The summed E-state index contributed by atoms with van der Waals surface area (Å²) in [5.41, 5.74) is 16.1. The smallest absolute Gasteiger partial charge is 0.0742 e. The van der Waals surface area contributed by atoms with Gasteiger partial charge in [-0.05, 0) is 133 Å². The van der Waals surface area contributed by atoms with Gasteiger partial charge in [0.1, 0.15) is 0 Å². The van der Waals surface area contributed by atoms with Crippen LogP contribution >= 0.6 is 86.3 Å². The zero-order chi connectivity index (χ0) is 47.4. The molecule has 2 aliphatic rings. The summed E-state index contributed by atoms with van der Waals surface area (Å²) >= 11 is 16.4. The lowest BCUT2D eigenvalue weighted by molar-refractivity contribution is 0.703. The van der Waals surface area contributed by atoms with Gasteiger partial charge in [0.05, 0.1) is 22.2 Å². The molecule has 10 aromatic rings. The Morgan fingerprint density at radius 1 is 0.319 bits per heavy atom. The van der Waals surface area contributed by atoms with Gasteiger partial charge in [0.2, 0.25) is 0 Å². The van der Waals surface area contributed by atoms with Crippen LogP contribution in [-0.4, -0.2) is 0 Å². The van der Waals surface area contributed by atoms with Gasteiger partial charge in [-0.1, -0.05) is 270 Å². The predicted molar refractivity (Wildman–Crippen MR) is 311 cm³/mol. The molecule has 1 heterocycles. The molecule has 1 aliphatic heterocycles. The molecule has 0 radical (unpaired) electrons. The Morgan fingerprint density at radius 2 is 0.609 bits per heavy atom. The monoisotopic (exact) mass is 1260 g/mol. The van der Waals surface area contributed by atoms with Crippen LogP contribution in [0, 0.1) is 3.57 Å². The lowest BCUT2D eigenvalue weighted by Gasteiger charge is -2.46. The zero-order valence-corrected chi connectivity index (χ0v) is 45.8. The van der Waals surface area contributed by atoms with Crippen LogP contribution in [0.15, 0.2) is 273 Å². The van der Waals surface area contributed by atoms with Crippen molar-refractivity contribution in [2.45, 2.75) is 17.3 Å². The van der Waals surface area contributed by atoms with Gasteiger partial charge in [0.15, 0.2) is 0 Å². The van der Waals surface area contributed by atoms with Gasteiger partial charge in [0, 0.05) is 27.1 Å².